The quantitative estimate of drug-likeness (QED) is 0.621. The van der Waals surface area contributed by atoms with Crippen LogP contribution < -0.4 is 10.6 Å². The highest BCUT2D eigenvalue weighted by Gasteiger charge is 2.22. The van der Waals surface area contributed by atoms with Gasteiger partial charge in [0, 0.05) is 18.7 Å². The maximum Gasteiger partial charge on any atom is 0.271 e. The Balaban J connectivity index is 2.11. The molecule has 1 atom stereocenters. The molecule has 1 aromatic carbocycles. The van der Waals surface area contributed by atoms with Crippen molar-refractivity contribution in [2.75, 3.05) is 25.1 Å². The van der Waals surface area contributed by atoms with Crippen LogP contribution in [0.15, 0.2) is 18.2 Å². The van der Waals surface area contributed by atoms with Gasteiger partial charge < -0.3 is 15.4 Å². The van der Waals surface area contributed by atoms with E-state index >= 15 is 0 Å². The average molecular weight is 269 g/mol. The highest BCUT2D eigenvalue weighted by molar-refractivity contribution is 5.95. The van der Waals surface area contributed by atoms with Crippen LogP contribution in [-0.4, -0.2) is 36.6 Å². The molecule has 1 fully saturated rings. The molecule has 1 heterocycles. The normalized spacial score (nSPS) is 18.9. The van der Waals surface area contributed by atoms with Crippen molar-refractivity contribution in [2.24, 2.45) is 0 Å². The third kappa shape index (κ3) is 3.24. The number of nitro benzene ring substituents is 1. The van der Waals surface area contributed by atoms with E-state index in [1.54, 1.807) is 0 Å². The Bertz CT molecular complexity index is 503. The molecule has 1 amide bonds. The lowest BCUT2D eigenvalue weighted by Gasteiger charge is -2.22. The number of amides is 1. The molecule has 0 saturated carbocycles. The summed E-state index contributed by atoms with van der Waals surface area (Å²) in [6, 6.07) is 2.37. The van der Waals surface area contributed by atoms with Crippen molar-refractivity contribution in [1.82, 2.24) is 5.32 Å². The lowest BCUT2D eigenvalue weighted by atomic mass is 10.2. The van der Waals surface area contributed by atoms with Gasteiger partial charge in [0.1, 0.15) is 11.9 Å². The number of hydrogen-bond acceptors (Lipinski definition) is 5. The van der Waals surface area contributed by atoms with Crippen LogP contribution in [0, 0.1) is 15.9 Å². The number of morpholine rings is 1. The molecule has 19 heavy (non-hydrogen) atoms. The fourth-order valence-corrected chi connectivity index (χ4v) is 1.68. The van der Waals surface area contributed by atoms with Crippen LogP contribution in [0.3, 0.4) is 0 Å². The first-order chi connectivity index (χ1) is 9.08. The molecular formula is C11H12FN3O4. The van der Waals surface area contributed by atoms with E-state index < -0.39 is 22.7 Å². The zero-order valence-electron chi connectivity index (χ0n) is 9.89. The molecule has 1 saturated heterocycles. The minimum absolute atomic E-state index is 0.183. The van der Waals surface area contributed by atoms with E-state index in [0.29, 0.717) is 13.2 Å². The molecule has 1 aliphatic rings. The molecule has 1 aliphatic heterocycles. The molecule has 2 N–H and O–H groups in total. The molecule has 0 aromatic heterocycles. The summed E-state index contributed by atoms with van der Waals surface area (Å²) >= 11 is 0. The fraction of sp³-hybridized carbons (Fsp3) is 0.364. The summed E-state index contributed by atoms with van der Waals surface area (Å²) in [5, 5.41) is 15.8. The van der Waals surface area contributed by atoms with Crippen molar-refractivity contribution in [3.63, 3.8) is 0 Å². The average Bonchev–Trinajstić information content (AvgIpc) is 2.42. The summed E-state index contributed by atoms with van der Waals surface area (Å²) in [6.07, 6.45) is 0. The number of anilines is 1. The first kappa shape index (κ1) is 13.4. The second-order valence-electron chi connectivity index (χ2n) is 3.99. The van der Waals surface area contributed by atoms with E-state index in [4.69, 9.17) is 4.74 Å². The first-order valence-electron chi connectivity index (χ1n) is 5.64. The van der Waals surface area contributed by atoms with Gasteiger partial charge >= 0.3 is 0 Å². The number of hydrogen-bond donors (Lipinski definition) is 2. The van der Waals surface area contributed by atoms with Crippen LogP contribution >= 0.6 is 0 Å². The number of nitrogens with one attached hydrogen (secondary N) is 2. The van der Waals surface area contributed by atoms with Gasteiger partial charge in [0.25, 0.3) is 5.69 Å². The number of nitro groups is 1. The minimum atomic E-state index is -0.726. The summed E-state index contributed by atoms with van der Waals surface area (Å²) in [6.45, 7) is 1.22. The number of ether oxygens (including phenoxy) is 1. The molecule has 0 spiro atoms. The molecule has 102 valence electrons. The van der Waals surface area contributed by atoms with Gasteiger partial charge in [0.15, 0.2) is 0 Å². The van der Waals surface area contributed by atoms with Gasteiger partial charge in [-0.1, -0.05) is 0 Å². The maximum absolute atomic E-state index is 13.5. The second-order valence-corrected chi connectivity index (χ2v) is 3.99. The lowest BCUT2D eigenvalue weighted by Crippen LogP contribution is -2.48. The van der Waals surface area contributed by atoms with Crippen molar-refractivity contribution in [1.29, 1.82) is 0 Å². The third-order valence-corrected chi connectivity index (χ3v) is 2.66. The van der Waals surface area contributed by atoms with Crippen molar-refractivity contribution in [2.45, 2.75) is 6.04 Å². The predicted molar refractivity (Wildman–Crippen MR) is 64.3 cm³/mol. The van der Waals surface area contributed by atoms with Crippen LogP contribution in [-0.2, 0) is 9.53 Å². The Morgan fingerprint density at radius 1 is 1.58 bits per heavy atom. The summed E-state index contributed by atoms with van der Waals surface area (Å²) in [7, 11) is 0. The standard InChI is InChI=1S/C11H12FN3O4/c12-8-2-1-7(15(17)18)5-9(8)14-11(16)10-6-19-4-3-13-10/h1-2,5,10,13H,3-4,6H2,(H,14,16). The molecule has 8 heteroatoms. The summed E-state index contributed by atoms with van der Waals surface area (Å²) in [5.41, 5.74) is -0.504. The summed E-state index contributed by atoms with van der Waals surface area (Å²) in [4.78, 5) is 21.7. The van der Waals surface area contributed by atoms with E-state index in [9.17, 15) is 19.3 Å². The zero-order valence-corrected chi connectivity index (χ0v) is 9.89. The molecule has 0 bridgehead atoms. The Kier molecular flexibility index (Phi) is 4.03. The van der Waals surface area contributed by atoms with Gasteiger partial charge in [-0.25, -0.2) is 4.39 Å². The number of non-ortho nitro benzene ring substituents is 1. The number of carbonyl (C=O) groups excluding carboxylic acids is 1. The van der Waals surface area contributed by atoms with Gasteiger partial charge in [0.2, 0.25) is 5.91 Å². The van der Waals surface area contributed by atoms with Crippen LogP contribution in [0.2, 0.25) is 0 Å². The molecule has 1 aromatic rings. The zero-order chi connectivity index (χ0) is 13.8. The summed E-state index contributed by atoms with van der Waals surface area (Å²) < 4.78 is 18.6. The number of rotatable bonds is 3. The van der Waals surface area contributed by atoms with E-state index in [1.807, 2.05) is 0 Å². The van der Waals surface area contributed by atoms with Crippen LogP contribution in [0.25, 0.3) is 0 Å². The van der Waals surface area contributed by atoms with Crippen LogP contribution in [0.4, 0.5) is 15.8 Å². The monoisotopic (exact) mass is 269 g/mol. The Morgan fingerprint density at radius 3 is 3.00 bits per heavy atom. The van der Waals surface area contributed by atoms with E-state index in [-0.39, 0.29) is 18.0 Å². The van der Waals surface area contributed by atoms with Crippen molar-refractivity contribution < 1.29 is 18.8 Å². The van der Waals surface area contributed by atoms with Gasteiger partial charge in [0.05, 0.1) is 23.8 Å². The molecule has 1 unspecified atom stereocenters. The van der Waals surface area contributed by atoms with Gasteiger partial charge in [-0.05, 0) is 6.07 Å². The van der Waals surface area contributed by atoms with Crippen molar-refractivity contribution in [3.05, 3.63) is 34.1 Å². The van der Waals surface area contributed by atoms with E-state index in [2.05, 4.69) is 10.6 Å². The van der Waals surface area contributed by atoms with Crippen molar-refractivity contribution >= 4 is 17.3 Å². The second kappa shape index (κ2) is 5.72. The Morgan fingerprint density at radius 2 is 2.37 bits per heavy atom. The highest BCUT2D eigenvalue weighted by Crippen LogP contribution is 2.21. The number of halogens is 1. The predicted octanol–water partition coefficient (Wildman–Crippen LogP) is 0.661. The molecule has 7 nitrogen and oxygen atoms in total. The van der Waals surface area contributed by atoms with Gasteiger partial charge in [-0.2, -0.15) is 0 Å². The van der Waals surface area contributed by atoms with Gasteiger partial charge in [-0.15, -0.1) is 0 Å². The van der Waals surface area contributed by atoms with E-state index in [0.717, 1.165) is 18.2 Å². The smallest absolute Gasteiger partial charge is 0.271 e. The third-order valence-electron chi connectivity index (χ3n) is 2.66. The maximum atomic E-state index is 13.5. The number of benzene rings is 1. The summed E-state index contributed by atoms with van der Waals surface area (Å²) in [5.74, 6) is -1.21. The minimum Gasteiger partial charge on any atom is -0.378 e. The molecule has 0 aliphatic carbocycles. The van der Waals surface area contributed by atoms with Crippen LogP contribution in [0.5, 0.6) is 0 Å². The molecule has 0 radical (unpaired) electrons. The Hall–Kier alpha value is -2.06. The SMILES string of the molecule is O=C(Nc1cc([N+](=O)[O-])ccc1F)C1COCCN1. The fourth-order valence-electron chi connectivity index (χ4n) is 1.68. The number of nitrogens with zero attached hydrogens (tertiary/aromatic N) is 1. The molecular weight excluding hydrogens is 257 g/mol. The largest absolute Gasteiger partial charge is 0.378 e. The number of carbonyl (C=O) groups is 1. The van der Waals surface area contributed by atoms with Gasteiger partial charge in [-0.3, -0.25) is 14.9 Å². The Labute approximate surface area is 107 Å². The topological polar surface area (TPSA) is 93.5 Å². The van der Waals surface area contributed by atoms with Crippen molar-refractivity contribution in [3.8, 4) is 0 Å². The van der Waals surface area contributed by atoms with Crippen LogP contribution in [0.1, 0.15) is 0 Å². The first-order valence-corrected chi connectivity index (χ1v) is 5.64. The molecule has 2 rings (SSSR count). The van der Waals surface area contributed by atoms with E-state index in [1.165, 1.54) is 0 Å². The lowest BCUT2D eigenvalue weighted by molar-refractivity contribution is -0.384. The highest BCUT2D eigenvalue weighted by atomic mass is 19.1.